The number of carbonyl (C=O) groups is 1. The molecule has 82 valence electrons. The predicted octanol–water partition coefficient (Wildman–Crippen LogP) is 1.37. The van der Waals surface area contributed by atoms with Crippen LogP contribution in [0.2, 0.25) is 0 Å². The topological polar surface area (TPSA) is 38.3 Å². The summed E-state index contributed by atoms with van der Waals surface area (Å²) >= 11 is 0. The van der Waals surface area contributed by atoms with E-state index in [1.54, 1.807) is 7.11 Å². The first-order valence-electron chi connectivity index (χ1n) is 5.25. The molecule has 0 saturated carbocycles. The van der Waals surface area contributed by atoms with Crippen LogP contribution in [-0.4, -0.2) is 31.6 Å². The smallest absolute Gasteiger partial charge is 0.155 e. The molecule has 0 spiro atoms. The Morgan fingerprint density at radius 2 is 2.00 bits per heavy atom. The van der Waals surface area contributed by atoms with Crippen molar-refractivity contribution in [1.29, 1.82) is 0 Å². The van der Waals surface area contributed by atoms with Gasteiger partial charge in [-0.05, 0) is 12.8 Å². The van der Waals surface area contributed by atoms with Gasteiger partial charge >= 0.3 is 0 Å². The first kappa shape index (κ1) is 11.7. The van der Waals surface area contributed by atoms with Crippen LogP contribution in [-0.2, 0) is 9.53 Å². The van der Waals surface area contributed by atoms with Gasteiger partial charge in [-0.2, -0.15) is 0 Å². The third-order valence-electron chi connectivity index (χ3n) is 2.76. The normalized spacial score (nSPS) is 28.9. The maximum atomic E-state index is 11.9. The van der Waals surface area contributed by atoms with Gasteiger partial charge in [-0.3, -0.25) is 4.79 Å². The monoisotopic (exact) mass is 199 g/mol. The summed E-state index contributed by atoms with van der Waals surface area (Å²) in [7, 11) is 1.72. The lowest BCUT2D eigenvalue weighted by Gasteiger charge is -2.31. The third-order valence-corrected chi connectivity index (χ3v) is 2.76. The molecule has 1 N–H and O–H groups in total. The molecule has 0 bridgehead atoms. The van der Waals surface area contributed by atoms with Crippen molar-refractivity contribution in [1.82, 2.24) is 5.32 Å². The number of ether oxygens (including phenoxy) is 1. The average molecular weight is 199 g/mol. The Labute approximate surface area is 86.2 Å². The van der Waals surface area contributed by atoms with Gasteiger partial charge in [0.05, 0.1) is 12.1 Å². The molecule has 1 rings (SSSR count). The van der Waals surface area contributed by atoms with Crippen LogP contribution in [0.4, 0.5) is 0 Å². The molecule has 0 radical (unpaired) electrons. The fraction of sp³-hybridized carbons (Fsp3) is 0.909. The number of hydrogen-bond acceptors (Lipinski definition) is 3. The summed E-state index contributed by atoms with van der Waals surface area (Å²) in [6, 6.07) is 0.0291. The Morgan fingerprint density at radius 3 is 2.36 bits per heavy atom. The number of nitrogens with one attached hydrogen (secondary N) is 1. The molecule has 1 saturated heterocycles. The highest BCUT2D eigenvalue weighted by Gasteiger charge is 2.32. The maximum absolute atomic E-state index is 11.9. The van der Waals surface area contributed by atoms with Crippen molar-refractivity contribution in [3.05, 3.63) is 0 Å². The highest BCUT2D eigenvalue weighted by Crippen LogP contribution is 2.21. The van der Waals surface area contributed by atoms with Crippen LogP contribution in [0.1, 0.15) is 33.6 Å². The summed E-state index contributed by atoms with van der Waals surface area (Å²) in [5.74, 6) is 0.312. The number of rotatable bonds is 2. The zero-order valence-electron chi connectivity index (χ0n) is 9.59. The van der Waals surface area contributed by atoms with Gasteiger partial charge in [0, 0.05) is 19.1 Å². The van der Waals surface area contributed by atoms with Gasteiger partial charge in [0.1, 0.15) is 0 Å². The fourth-order valence-electron chi connectivity index (χ4n) is 1.78. The van der Waals surface area contributed by atoms with Gasteiger partial charge in [0.15, 0.2) is 5.78 Å². The van der Waals surface area contributed by atoms with Crippen LogP contribution in [0, 0.1) is 5.41 Å². The summed E-state index contributed by atoms with van der Waals surface area (Å²) in [4.78, 5) is 11.9. The maximum Gasteiger partial charge on any atom is 0.155 e. The number of piperidine rings is 1. The molecule has 1 aliphatic rings. The second kappa shape index (κ2) is 4.41. The van der Waals surface area contributed by atoms with E-state index in [1.165, 1.54) is 0 Å². The molecule has 3 heteroatoms. The highest BCUT2D eigenvalue weighted by molar-refractivity contribution is 5.88. The Morgan fingerprint density at radius 1 is 1.36 bits per heavy atom. The van der Waals surface area contributed by atoms with Crippen molar-refractivity contribution in [3.8, 4) is 0 Å². The summed E-state index contributed by atoms with van der Waals surface area (Å²) in [6.45, 7) is 6.71. The molecular weight excluding hydrogens is 178 g/mol. The molecule has 0 aromatic carbocycles. The predicted molar refractivity (Wildman–Crippen MR) is 56.3 cm³/mol. The zero-order valence-corrected chi connectivity index (χ0v) is 9.59. The Balaban J connectivity index is 2.46. The molecule has 1 heterocycles. The molecule has 0 aromatic rings. The molecular formula is C11H21NO2. The summed E-state index contributed by atoms with van der Waals surface area (Å²) < 4.78 is 5.23. The van der Waals surface area contributed by atoms with Crippen molar-refractivity contribution < 1.29 is 9.53 Å². The van der Waals surface area contributed by atoms with Gasteiger partial charge < -0.3 is 10.1 Å². The Hall–Kier alpha value is -0.410. The van der Waals surface area contributed by atoms with Crippen LogP contribution in [0.15, 0.2) is 0 Å². The molecule has 0 amide bonds. The second-order valence-corrected chi connectivity index (χ2v) is 5.01. The van der Waals surface area contributed by atoms with Crippen molar-refractivity contribution in [2.24, 2.45) is 5.41 Å². The summed E-state index contributed by atoms with van der Waals surface area (Å²) in [5.41, 5.74) is -0.239. The van der Waals surface area contributed by atoms with Crippen molar-refractivity contribution in [2.75, 3.05) is 13.7 Å². The van der Waals surface area contributed by atoms with E-state index in [0.717, 1.165) is 19.4 Å². The molecule has 0 aromatic heterocycles. The van der Waals surface area contributed by atoms with Gasteiger partial charge in [-0.15, -0.1) is 0 Å². The summed E-state index contributed by atoms with van der Waals surface area (Å²) in [5, 5.41) is 3.25. The number of hydrogen-bond donors (Lipinski definition) is 1. The quantitative estimate of drug-likeness (QED) is 0.730. The number of methoxy groups -OCH3 is 1. The Kier molecular flexibility index (Phi) is 3.67. The van der Waals surface area contributed by atoms with Crippen LogP contribution in [0.3, 0.4) is 0 Å². The number of ketones is 1. The summed E-state index contributed by atoms with van der Waals surface area (Å²) in [6.07, 6.45) is 2.16. The lowest BCUT2D eigenvalue weighted by molar-refractivity contribution is -0.129. The van der Waals surface area contributed by atoms with Gasteiger partial charge in [0.2, 0.25) is 0 Å². The fourth-order valence-corrected chi connectivity index (χ4v) is 1.78. The van der Waals surface area contributed by atoms with E-state index in [2.05, 4.69) is 5.32 Å². The standard InChI is InChI=1S/C11H21NO2/c1-11(2,3)10(13)9-6-5-8(14-4)7-12-9/h8-9,12H,5-7H2,1-4H3. The van der Waals surface area contributed by atoms with E-state index < -0.39 is 0 Å². The van der Waals surface area contributed by atoms with Crippen LogP contribution in [0.5, 0.6) is 0 Å². The number of Topliss-reactive ketones (excluding diaryl/α,β-unsaturated/α-hetero) is 1. The van der Waals surface area contributed by atoms with Crippen molar-refractivity contribution >= 4 is 5.78 Å². The average Bonchev–Trinajstić information content (AvgIpc) is 2.15. The van der Waals surface area contributed by atoms with Gasteiger partial charge in [-0.25, -0.2) is 0 Å². The van der Waals surface area contributed by atoms with Gasteiger partial charge in [-0.1, -0.05) is 20.8 Å². The number of carbonyl (C=O) groups excluding carboxylic acids is 1. The zero-order chi connectivity index (χ0) is 10.8. The molecule has 0 aliphatic carbocycles. The third kappa shape index (κ3) is 2.79. The van der Waals surface area contributed by atoms with Crippen molar-refractivity contribution in [2.45, 2.75) is 45.8 Å². The van der Waals surface area contributed by atoms with Gasteiger partial charge in [0.25, 0.3) is 0 Å². The SMILES string of the molecule is COC1CCC(C(=O)C(C)(C)C)NC1. The van der Waals surface area contributed by atoms with E-state index >= 15 is 0 Å². The van der Waals surface area contributed by atoms with E-state index in [4.69, 9.17) is 4.74 Å². The van der Waals surface area contributed by atoms with Crippen LogP contribution in [0.25, 0.3) is 0 Å². The van der Waals surface area contributed by atoms with E-state index in [9.17, 15) is 4.79 Å². The lowest BCUT2D eigenvalue weighted by atomic mass is 9.83. The lowest BCUT2D eigenvalue weighted by Crippen LogP contribution is -2.49. The molecule has 14 heavy (non-hydrogen) atoms. The van der Waals surface area contributed by atoms with E-state index in [1.807, 2.05) is 20.8 Å². The van der Waals surface area contributed by atoms with Crippen LogP contribution < -0.4 is 5.32 Å². The minimum atomic E-state index is -0.239. The molecule has 3 nitrogen and oxygen atoms in total. The molecule has 2 atom stereocenters. The highest BCUT2D eigenvalue weighted by atomic mass is 16.5. The first-order valence-corrected chi connectivity index (χ1v) is 5.25. The first-order chi connectivity index (χ1) is 6.45. The molecule has 2 unspecified atom stereocenters. The second-order valence-electron chi connectivity index (χ2n) is 5.01. The minimum absolute atomic E-state index is 0.0291. The van der Waals surface area contributed by atoms with Crippen LogP contribution >= 0.6 is 0 Å². The Bertz CT molecular complexity index is 200. The largest absolute Gasteiger partial charge is 0.380 e. The van der Waals surface area contributed by atoms with E-state index in [-0.39, 0.29) is 17.6 Å². The molecule has 1 aliphatic heterocycles. The minimum Gasteiger partial charge on any atom is -0.380 e. The van der Waals surface area contributed by atoms with Crippen molar-refractivity contribution in [3.63, 3.8) is 0 Å². The van der Waals surface area contributed by atoms with E-state index in [0.29, 0.717) is 5.78 Å². The molecule has 1 fully saturated rings.